The first kappa shape index (κ1) is 23.6. The molecule has 1 fully saturated rings. The minimum atomic E-state index is -0.496. The monoisotopic (exact) mass is 490 g/mol. The lowest BCUT2D eigenvalue weighted by atomic mass is 9.87. The standard InChI is InChI=1S/C27H30N4O3S/c32-24(17-23-26(34)30-27(35-23)31-14-4-1-5-15-31)28-20-11-6-10-19(16-20)25(33)29-22-13-7-9-18-8-2-3-12-21(18)22/h2-3,6,8,10-12,16,22-23H,1,4-5,7,9,13-15,17H2,(H,28,32)(H,29,33)/t22-,23-/m1/s1. The van der Waals surface area contributed by atoms with Gasteiger partial charge in [-0.05, 0) is 67.9 Å². The number of aliphatic imine (C=N–C) groups is 1. The highest BCUT2D eigenvalue weighted by Crippen LogP contribution is 2.31. The normalized spacial score (nSPS) is 21.8. The maximum atomic E-state index is 13.0. The Labute approximate surface area is 209 Å². The molecule has 0 radical (unpaired) electrons. The Morgan fingerprint density at radius 3 is 2.71 bits per heavy atom. The van der Waals surface area contributed by atoms with Gasteiger partial charge in [-0.15, -0.1) is 0 Å². The van der Waals surface area contributed by atoms with Crippen molar-refractivity contribution in [2.45, 2.75) is 56.2 Å². The molecule has 1 aliphatic carbocycles. The molecule has 0 saturated carbocycles. The number of carbonyl (C=O) groups excluding carboxylic acids is 3. The van der Waals surface area contributed by atoms with Gasteiger partial charge in [-0.25, -0.2) is 0 Å². The topological polar surface area (TPSA) is 90.9 Å². The molecular formula is C27H30N4O3S. The second kappa shape index (κ2) is 10.6. The van der Waals surface area contributed by atoms with Gasteiger partial charge in [-0.3, -0.25) is 14.4 Å². The van der Waals surface area contributed by atoms with E-state index in [0.717, 1.165) is 50.4 Å². The number of amidine groups is 1. The number of carbonyl (C=O) groups is 3. The SMILES string of the molecule is O=C(C[C@H]1SC(N2CCCCC2)=NC1=O)Nc1cccc(C(=O)N[C@@H]2CCCc3ccccc32)c1. The predicted molar refractivity (Wildman–Crippen MR) is 139 cm³/mol. The molecule has 2 aliphatic heterocycles. The van der Waals surface area contributed by atoms with Crippen LogP contribution in [0.4, 0.5) is 5.69 Å². The maximum absolute atomic E-state index is 13.0. The van der Waals surface area contributed by atoms with E-state index in [1.54, 1.807) is 24.3 Å². The van der Waals surface area contributed by atoms with Crippen molar-refractivity contribution in [2.24, 2.45) is 4.99 Å². The maximum Gasteiger partial charge on any atom is 0.262 e. The van der Waals surface area contributed by atoms with Gasteiger partial charge in [0, 0.05) is 30.8 Å². The van der Waals surface area contributed by atoms with Crippen molar-refractivity contribution in [3.05, 3.63) is 65.2 Å². The van der Waals surface area contributed by atoms with Crippen LogP contribution in [0.2, 0.25) is 0 Å². The summed E-state index contributed by atoms with van der Waals surface area (Å²) in [4.78, 5) is 44.4. The average molecular weight is 491 g/mol. The molecular weight excluding hydrogens is 460 g/mol. The molecule has 35 heavy (non-hydrogen) atoms. The third-order valence-electron chi connectivity index (χ3n) is 6.81. The van der Waals surface area contributed by atoms with Gasteiger partial charge in [0.05, 0.1) is 6.04 Å². The summed E-state index contributed by atoms with van der Waals surface area (Å²) in [6, 6.07) is 15.2. The summed E-state index contributed by atoms with van der Waals surface area (Å²) in [5.74, 6) is -0.666. The summed E-state index contributed by atoms with van der Waals surface area (Å²) in [5.41, 5.74) is 3.51. The second-order valence-corrected chi connectivity index (χ2v) is 10.5. The third kappa shape index (κ3) is 5.59. The fourth-order valence-electron chi connectivity index (χ4n) is 4.99. The quantitative estimate of drug-likeness (QED) is 0.652. The van der Waals surface area contributed by atoms with Gasteiger partial charge in [-0.1, -0.05) is 42.1 Å². The molecule has 5 rings (SSSR count). The van der Waals surface area contributed by atoms with Crippen LogP contribution in [0.1, 0.15) is 66.1 Å². The zero-order chi connectivity index (χ0) is 24.2. The van der Waals surface area contributed by atoms with Crippen LogP contribution in [0.3, 0.4) is 0 Å². The molecule has 0 bridgehead atoms. The number of amides is 3. The third-order valence-corrected chi connectivity index (χ3v) is 8.02. The van der Waals surface area contributed by atoms with Crippen molar-refractivity contribution >= 4 is 40.3 Å². The van der Waals surface area contributed by atoms with Gasteiger partial charge >= 0.3 is 0 Å². The van der Waals surface area contributed by atoms with Crippen LogP contribution in [0.5, 0.6) is 0 Å². The molecule has 0 spiro atoms. The average Bonchev–Trinajstić information content (AvgIpc) is 3.24. The van der Waals surface area contributed by atoms with Crippen LogP contribution in [0.25, 0.3) is 0 Å². The van der Waals surface area contributed by atoms with Crippen molar-refractivity contribution in [3.8, 4) is 0 Å². The zero-order valence-electron chi connectivity index (χ0n) is 19.7. The Balaban J connectivity index is 1.17. The van der Waals surface area contributed by atoms with E-state index in [9.17, 15) is 14.4 Å². The number of rotatable bonds is 5. The molecule has 3 aliphatic rings. The molecule has 2 aromatic carbocycles. The summed E-state index contributed by atoms with van der Waals surface area (Å²) in [6.45, 7) is 1.83. The van der Waals surface area contributed by atoms with Gasteiger partial charge in [0.25, 0.3) is 11.8 Å². The summed E-state index contributed by atoms with van der Waals surface area (Å²) in [6.07, 6.45) is 6.47. The second-order valence-electron chi connectivity index (χ2n) is 9.34. The Bertz CT molecular complexity index is 1160. The van der Waals surface area contributed by atoms with E-state index in [4.69, 9.17) is 0 Å². The Morgan fingerprint density at radius 2 is 1.86 bits per heavy atom. The van der Waals surface area contributed by atoms with Crippen LogP contribution < -0.4 is 10.6 Å². The van der Waals surface area contributed by atoms with Crippen molar-refractivity contribution < 1.29 is 14.4 Å². The largest absolute Gasteiger partial charge is 0.351 e. The highest BCUT2D eigenvalue weighted by molar-refractivity contribution is 8.15. The first-order valence-electron chi connectivity index (χ1n) is 12.4. The lowest BCUT2D eigenvalue weighted by molar-refractivity contribution is -0.121. The van der Waals surface area contributed by atoms with E-state index in [2.05, 4.69) is 32.7 Å². The highest BCUT2D eigenvalue weighted by atomic mass is 32.2. The molecule has 7 nitrogen and oxygen atoms in total. The van der Waals surface area contributed by atoms with E-state index in [0.29, 0.717) is 11.3 Å². The first-order chi connectivity index (χ1) is 17.1. The van der Waals surface area contributed by atoms with Gasteiger partial charge in [0.1, 0.15) is 5.25 Å². The van der Waals surface area contributed by atoms with E-state index < -0.39 is 5.25 Å². The first-order valence-corrected chi connectivity index (χ1v) is 13.3. The van der Waals surface area contributed by atoms with Crippen molar-refractivity contribution in [3.63, 3.8) is 0 Å². The Morgan fingerprint density at radius 1 is 1.03 bits per heavy atom. The number of hydrogen-bond acceptors (Lipinski definition) is 5. The number of nitrogens with one attached hydrogen (secondary N) is 2. The summed E-state index contributed by atoms with van der Waals surface area (Å²) in [7, 11) is 0. The van der Waals surface area contributed by atoms with Gasteiger partial charge in [0.2, 0.25) is 5.91 Å². The number of hydrogen-bond donors (Lipinski definition) is 2. The van der Waals surface area contributed by atoms with Crippen molar-refractivity contribution in [1.82, 2.24) is 10.2 Å². The molecule has 8 heteroatoms. The van der Waals surface area contributed by atoms with E-state index in [1.807, 2.05) is 12.1 Å². The number of thioether (sulfide) groups is 1. The van der Waals surface area contributed by atoms with Crippen LogP contribution in [0.15, 0.2) is 53.5 Å². The van der Waals surface area contributed by atoms with Crippen molar-refractivity contribution in [2.75, 3.05) is 18.4 Å². The molecule has 2 heterocycles. The zero-order valence-corrected chi connectivity index (χ0v) is 20.5. The number of likely N-dealkylation sites (tertiary alicyclic amines) is 1. The summed E-state index contributed by atoms with van der Waals surface area (Å²) >= 11 is 1.39. The summed E-state index contributed by atoms with van der Waals surface area (Å²) < 4.78 is 0. The molecule has 1 saturated heterocycles. The lowest BCUT2D eigenvalue weighted by Crippen LogP contribution is -2.33. The number of fused-ring (bicyclic) bond motifs is 1. The Hall–Kier alpha value is -3.13. The van der Waals surface area contributed by atoms with Crippen LogP contribution in [-0.2, 0) is 16.0 Å². The fraction of sp³-hybridized carbons (Fsp3) is 0.407. The number of benzene rings is 2. The molecule has 2 N–H and O–H groups in total. The molecule has 0 aromatic heterocycles. The van der Waals surface area contributed by atoms with Crippen LogP contribution in [0, 0.1) is 0 Å². The molecule has 182 valence electrons. The fourth-order valence-corrected chi connectivity index (χ4v) is 6.11. The van der Waals surface area contributed by atoms with Crippen molar-refractivity contribution in [1.29, 1.82) is 0 Å². The Kier molecular flexibility index (Phi) is 7.18. The minimum absolute atomic E-state index is 0.00907. The van der Waals surface area contributed by atoms with E-state index >= 15 is 0 Å². The van der Waals surface area contributed by atoms with Gasteiger partial charge < -0.3 is 15.5 Å². The molecule has 0 unspecified atom stereocenters. The predicted octanol–water partition coefficient (Wildman–Crippen LogP) is 4.31. The molecule has 2 aromatic rings. The molecule has 3 amide bonds. The molecule has 2 atom stereocenters. The van der Waals surface area contributed by atoms with Gasteiger partial charge in [-0.2, -0.15) is 4.99 Å². The smallest absolute Gasteiger partial charge is 0.262 e. The van der Waals surface area contributed by atoms with Gasteiger partial charge in [0.15, 0.2) is 5.17 Å². The van der Waals surface area contributed by atoms with E-state index in [-0.39, 0.29) is 30.2 Å². The van der Waals surface area contributed by atoms with E-state index in [1.165, 1.54) is 29.3 Å². The lowest BCUT2D eigenvalue weighted by Gasteiger charge is -2.27. The highest BCUT2D eigenvalue weighted by Gasteiger charge is 2.33. The number of nitrogens with zero attached hydrogens (tertiary/aromatic N) is 2. The minimum Gasteiger partial charge on any atom is -0.351 e. The number of piperidine rings is 1. The number of aryl methyl sites for hydroxylation is 1. The van der Waals surface area contributed by atoms with Crippen LogP contribution in [-0.4, -0.2) is 46.1 Å². The number of anilines is 1. The van der Waals surface area contributed by atoms with Crippen LogP contribution >= 0.6 is 11.8 Å². The summed E-state index contributed by atoms with van der Waals surface area (Å²) in [5, 5.41) is 6.25.